The molecule has 2 N–H and O–H groups in total. The number of guanidine groups is 1. The van der Waals surface area contributed by atoms with Crippen LogP contribution in [0.1, 0.15) is 26.3 Å². The molecule has 1 fully saturated rings. The maximum absolute atomic E-state index is 6.03. The molecule has 0 bridgehead atoms. The summed E-state index contributed by atoms with van der Waals surface area (Å²) in [4.78, 5) is 9.44. The van der Waals surface area contributed by atoms with Crippen molar-refractivity contribution in [1.82, 2.24) is 20.4 Å². The van der Waals surface area contributed by atoms with Crippen molar-refractivity contribution in [3.63, 3.8) is 0 Å². The Balaban J connectivity index is 0.00000420. The minimum Gasteiger partial charge on any atom is -0.489 e. The van der Waals surface area contributed by atoms with Gasteiger partial charge in [-0.2, -0.15) is 0 Å². The molecule has 0 aromatic heterocycles. The van der Waals surface area contributed by atoms with Crippen LogP contribution < -0.4 is 15.4 Å². The molecule has 29 heavy (non-hydrogen) atoms. The fourth-order valence-electron chi connectivity index (χ4n) is 3.47. The fourth-order valence-corrected chi connectivity index (χ4v) is 3.47. The van der Waals surface area contributed by atoms with E-state index in [1.54, 1.807) is 0 Å². The highest BCUT2D eigenvalue weighted by molar-refractivity contribution is 14.0. The van der Waals surface area contributed by atoms with Gasteiger partial charge in [-0.15, -0.1) is 24.0 Å². The molecule has 1 heterocycles. The van der Waals surface area contributed by atoms with E-state index >= 15 is 0 Å². The number of ether oxygens (including phenoxy) is 1. The van der Waals surface area contributed by atoms with E-state index in [0.717, 1.165) is 30.4 Å². The average molecular weight is 518 g/mol. The zero-order valence-electron chi connectivity index (χ0n) is 18.8. The van der Waals surface area contributed by atoms with Crippen molar-refractivity contribution < 1.29 is 4.74 Å². The normalized spacial score (nSPS) is 17.9. The standard InChI is InChI=1S/C22H39N5O.HI/c1-6-26-11-13-27(14-12-26)17-18(2)15-24-22(23-5)25-16-20(4)28-21-10-8-7-9-19(21)3;/h7-10,18,20H,6,11-17H2,1-5H3,(H2,23,24,25);1H. The molecule has 0 saturated carbocycles. The number of halogens is 1. The highest BCUT2D eigenvalue weighted by Gasteiger charge is 2.17. The third kappa shape index (κ3) is 9.53. The van der Waals surface area contributed by atoms with Gasteiger partial charge >= 0.3 is 0 Å². The third-order valence-electron chi connectivity index (χ3n) is 5.30. The van der Waals surface area contributed by atoms with E-state index in [4.69, 9.17) is 4.74 Å². The second-order valence-corrected chi connectivity index (χ2v) is 7.87. The Morgan fingerprint density at radius 3 is 2.31 bits per heavy atom. The first-order valence-electron chi connectivity index (χ1n) is 10.6. The van der Waals surface area contributed by atoms with Gasteiger partial charge in [0.25, 0.3) is 0 Å². The third-order valence-corrected chi connectivity index (χ3v) is 5.30. The van der Waals surface area contributed by atoms with Gasteiger partial charge in [-0.1, -0.05) is 32.0 Å². The SMILES string of the molecule is CCN1CCN(CC(C)CNC(=NC)NCC(C)Oc2ccccc2C)CC1.I. The number of hydrogen-bond donors (Lipinski definition) is 2. The summed E-state index contributed by atoms with van der Waals surface area (Å²) in [6.07, 6.45) is 0.0620. The van der Waals surface area contributed by atoms with Gasteiger partial charge in [0.1, 0.15) is 11.9 Å². The number of nitrogens with zero attached hydrogens (tertiary/aromatic N) is 3. The van der Waals surface area contributed by atoms with E-state index in [-0.39, 0.29) is 30.1 Å². The topological polar surface area (TPSA) is 52.1 Å². The number of rotatable bonds is 9. The zero-order chi connectivity index (χ0) is 20.4. The Labute approximate surface area is 194 Å². The molecule has 1 aliphatic rings. The lowest BCUT2D eigenvalue weighted by Gasteiger charge is -2.35. The summed E-state index contributed by atoms with van der Waals surface area (Å²) in [5, 5.41) is 6.83. The van der Waals surface area contributed by atoms with E-state index in [0.29, 0.717) is 12.5 Å². The molecule has 6 nitrogen and oxygen atoms in total. The highest BCUT2D eigenvalue weighted by atomic mass is 127. The van der Waals surface area contributed by atoms with E-state index in [1.807, 2.05) is 25.2 Å². The van der Waals surface area contributed by atoms with E-state index < -0.39 is 0 Å². The predicted molar refractivity (Wildman–Crippen MR) is 134 cm³/mol. The van der Waals surface area contributed by atoms with Gasteiger partial charge in [-0.05, 0) is 37.9 Å². The van der Waals surface area contributed by atoms with Crippen LogP contribution in [0.3, 0.4) is 0 Å². The second kappa shape index (κ2) is 14.0. The molecule has 0 radical (unpaired) electrons. The predicted octanol–water partition coefficient (Wildman–Crippen LogP) is 2.82. The van der Waals surface area contributed by atoms with Crippen molar-refractivity contribution >= 4 is 29.9 Å². The average Bonchev–Trinajstić information content (AvgIpc) is 2.70. The lowest BCUT2D eigenvalue weighted by atomic mass is 10.1. The van der Waals surface area contributed by atoms with Crippen LogP contribution in [-0.4, -0.2) is 81.3 Å². The van der Waals surface area contributed by atoms with Crippen molar-refractivity contribution in [2.24, 2.45) is 10.9 Å². The van der Waals surface area contributed by atoms with E-state index in [2.05, 4.69) is 59.2 Å². The molecule has 1 saturated heterocycles. The first kappa shape index (κ1) is 26.0. The number of hydrogen-bond acceptors (Lipinski definition) is 4. The summed E-state index contributed by atoms with van der Waals surface area (Å²) < 4.78 is 6.03. The molecule has 0 amide bonds. The Bertz CT molecular complexity index is 605. The van der Waals surface area contributed by atoms with Gasteiger partial charge in [0.05, 0.1) is 6.54 Å². The van der Waals surface area contributed by atoms with Crippen molar-refractivity contribution in [2.75, 3.05) is 59.4 Å². The first-order chi connectivity index (χ1) is 13.5. The van der Waals surface area contributed by atoms with Gasteiger partial charge in [0.15, 0.2) is 5.96 Å². The molecule has 1 aliphatic heterocycles. The zero-order valence-corrected chi connectivity index (χ0v) is 21.1. The van der Waals surface area contributed by atoms with Crippen LogP contribution in [0, 0.1) is 12.8 Å². The second-order valence-electron chi connectivity index (χ2n) is 7.87. The fraction of sp³-hybridized carbons (Fsp3) is 0.682. The largest absolute Gasteiger partial charge is 0.489 e. The van der Waals surface area contributed by atoms with Gasteiger partial charge in [-0.3, -0.25) is 4.99 Å². The van der Waals surface area contributed by atoms with Crippen LogP contribution in [0.5, 0.6) is 5.75 Å². The summed E-state index contributed by atoms with van der Waals surface area (Å²) in [7, 11) is 1.82. The van der Waals surface area contributed by atoms with Crippen molar-refractivity contribution in [2.45, 2.75) is 33.8 Å². The van der Waals surface area contributed by atoms with Crippen molar-refractivity contribution in [3.8, 4) is 5.75 Å². The first-order valence-corrected chi connectivity index (χ1v) is 10.6. The number of nitrogens with one attached hydrogen (secondary N) is 2. The molecule has 7 heteroatoms. The van der Waals surface area contributed by atoms with Gasteiger partial charge in [0, 0.05) is 46.3 Å². The van der Waals surface area contributed by atoms with Crippen LogP contribution in [0.25, 0.3) is 0 Å². The molecule has 2 rings (SSSR count). The smallest absolute Gasteiger partial charge is 0.191 e. The summed E-state index contributed by atoms with van der Waals surface area (Å²) in [5.41, 5.74) is 1.16. The van der Waals surface area contributed by atoms with E-state index in [9.17, 15) is 0 Å². The molecule has 1 aromatic rings. The lowest BCUT2D eigenvalue weighted by Crippen LogP contribution is -2.49. The number of aryl methyl sites for hydroxylation is 1. The van der Waals surface area contributed by atoms with Crippen LogP contribution in [0.15, 0.2) is 29.3 Å². The molecule has 1 aromatic carbocycles. The summed E-state index contributed by atoms with van der Waals surface area (Å²) in [5.74, 6) is 2.35. The molecule has 0 spiro atoms. The van der Waals surface area contributed by atoms with Gasteiger partial charge in [0.2, 0.25) is 0 Å². The number of aliphatic imine (C=N–C) groups is 1. The number of para-hydroxylation sites is 1. The quantitative estimate of drug-likeness (QED) is 0.300. The summed E-state index contributed by atoms with van der Waals surface area (Å²) >= 11 is 0. The van der Waals surface area contributed by atoms with Crippen LogP contribution in [0.2, 0.25) is 0 Å². The van der Waals surface area contributed by atoms with Crippen LogP contribution in [-0.2, 0) is 0 Å². The minimum atomic E-state index is 0. The Hall–Kier alpha value is -1.06. The molecular weight excluding hydrogens is 477 g/mol. The monoisotopic (exact) mass is 517 g/mol. The van der Waals surface area contributed by atoms with Crippen molar-refractivity contribution in [1.29, 1.82) is 0 Å². The minimum absolute atomic E-state index is 0. The number of benzene rings is 1. The van der Waals surface area contributed by atoms with Gasteiger partial charge < -0.3 is 25.2 Å². The van der Waals surface area contributed by atoms with Crippen molar-refractivity contribution in [3.05, 3.63) is 29.8 Å². The Kier molecular flexibility index (Phi) is 12.6. The van der Waals surface area contributed by atoms with Crippen LogP contribution >= 0.6 is 24.0 Å². The number of piperazine rings is 1. The summed E-state index contributed by atoms with van der Waals surface area (Å²) in [6.45, 7) is 17.4. The molecule has 0 aliphatic carbocycles. The molecular formula is C22H40IN5O. The van der Waals surface area contributed by atoms with Gasteiger partial charge in [-0.25, -0.2) is 0 Å². The highest BCUT2D eigenvalue weighted by Crippen LogP contribution is 2.17. The maximum atomic E-state index is 6.03. The molecule has 2 unspecified atom stereocenters. The molecule has 166 valence electrons. The van der Waals surface area contributed by atoms with Crippen LogP contribution in [0.4, 0.5) is 0 Å². The number of likely N-dealkylation sites (N-methyl/N-ethyl adjacent to an activating group) is 1. The Morgan fingerprint density at radius 2 is 1.69 bits per heavy atom. The molecule has 2 atom stereocenters. The maximum Gasteiger partial charge on any atom is 0.191 e. The Morgan fingerprint density at radius 1 is 1.07 bits per heavy atom. The summed E-state index contributed by atoms with van der Waals surface area (Å²) in [6, 6.07) is 8.12. The lowest BCUT2D eigenvalue weighted by molar-refractivity contribution is 0.124. The van der Waals surface area contributed by atoms with E-state index in [1.165, 1.54) is 32.7 Å².